The fraction of sp³-hybridized carbons (Fsp3) is 0.630. The maximum absolute atomic E-state index is 13.3. The van der Waals surface area contributed by atoms with Crippen molar-refractivity contribution in [1.29, 1.82) is 0 Å². The van der Waals surface area contributed by atoms with Crippen LogP contribution >= 0.6 is 0 Å². The molecule has 1 amide bonds. The van der Waals surface area contributed by atoms with Gasteiger partial charge >= 0.3 is 0 Å². The molecular formula is C27H45N3O3Si2. The molecule has 0 bridgehead atoms. The van der Waals surface area contributed by atoms with E-state index in [0.29, 0.717) is 6.61 Å². The summed E-state index contributed by atoms with van der Waals surface area (Å²) in [5.41, 5.74) is 3.28. The van der Waals surface area contributed by atoms with Gasteiger partial charge in [-0.05, 0) is 62.6 Å². The second-order valence-electron chi connectivity index (χ2n) is 13.1. The van der Waals surface area contributed by atoms with Gasteiger partial charge in [0, 0.05) is 26.6 Å². The Morgan fingerprint density at radius 3 is 2.37 bits per heavy atom. The van der Waals surface area contributed by atoms with Gasteiger partial charge in [0.15, 0.2) is 8.32 Å². The fourth-order valence-electron chi connectivity index (χ4n) is 4.03. The molecule has 8 heteroatoms. The summed E-state index contributed by atoms with van der Waals surface area (Å²) in [6.45, 7) is 25.3. The molecule has 3 rings (SSSR count). The lowest BCUT2D eigenvalue weighted by atomic mass is 9.86. The monoisotopic (exact) mass is 515 g/mol. The summed E-state index contributed by atoms with van der Waals surface area (Å²) in [6.07, 6.45) is 3.79. The number of amides is 1. The Morgan fingerprint density at radius 1 is 1.11 bits per heavy atom. The van der Waals surface area contributed by atoms with Crippen molar-refractivity contribution in [3.8, 4) is 5.69 Å². The van der Waals surface area contributed by atoms with E-state index in [1.54, 1.807) is 4.90 Å². The highest BCUT2D eigenvalue weighted by Gasteiger charge is 2.44. The quantitative estimate of drug-likeness (QED) is 0.269. The number of carbonyl (C=O) groups is 1. The van der Waals surface area contributed by atoms with Crippen LogP contribution in [0.25, 0.3) is 5.69 Å². The van der Waals surface area contributed by atoms with Crippen molar-refractivity contribution in [3.63, 3.8) is 0 Å². The van der Waals surface area contributed by atoms with Crippen molar-refractivity contribution >= 4 is 28.0 Å². The van der Waals surface area contributed by atoms with E-state index in [4.69, 9.17) is 9.16 Å². The second-order valence-corrected chi connectivity index (χ2v) is 23.5. The average molecular weight is 516 g/mol. The third-order valence-electron chi connectivity index (χ3n) is 7.54. The number of aromatic nitrogens is 2. The van der Waals surface area contributed by atoms with E-state index in [1.807, 2.05) is 30.9 Å². The first-order valence-electron chi connectivity index (χ1n) is 12.7. The van der Waals surface area contributed by atoms with Crippen molar-refractivity contribution in [2.24, 2.45) is 0 Å². The standard InChI is InChI=1S/C27H45N3O3Si2/c1-20(33-35(10,11)26(2,3)4)23-17-29(18-28-23)21-12-13-22-24(16-21)30(25(31)27(22,5)6)19-32-14-15-34(7,8)9/h12-13,16-18,20H,14-15,19H2,1-11H3. The molecule has 2 heterocycles. The highest BCUT2D eigenvalue weighted by molar-refractivity contribution is 6.76. The normalized spacial score (nSPS) is 17.1. The number of anilines is 1. The van der Waals surface area contributed by atoms with Gasteiger partial charge in [-0.25, -0.2) is 4.98 Å². The van der Waals surface area contributed by atoms with Gasteiger partial charge in [-0.3, -0.25) is 9.69 Å². The lowest BCUT2D eigenvalue weighted by Gasteiger charge is -2.38. The van der Waals surface area contributed by atoms with Crippen LogP contribution in [0.5, 0.6) is 0 Å². The summed E-state index contributed by atoms with van der Waals surface area (Å²) >= 11 is 0. The maximum atomic E-state index is 13.3. The van der Waals surface area contributed by atoms with Crippen LogP contribution in [0, 0.1) is 0 Å². The van der Waals surface area contributed by atoms with Gasteiger partial charge in [0.2, 0.25) is 5.91 Å². The number of nitrogens with zero attached hydrogens (tertiary/aromatic N) is 3. The van der Waals surface area contributed by atoms with Gasteiger partial charge in [-0.1, -0.05) is 46.5 Å². The van der Waals surface area contributed by atoms with Gasteiger partial charge in [0.25, 0.3) is 0 Å². The van der Waals surface area contributed by atoms with Gasteiger partial charge < -0.3 is 13.7 Å². The molecule has 1 aliphatic rings. The summed E-state index contributed by atoms with van der Waals surface area (Å²) in [4.78, 5) is 19.7. The molecule has 0 radical (unpaired) electrons. The Kier molecular flexibility index (Phi) is 7.64. The van der Waals surface area contributed by atoms with E-state index < -0.39 is 21.8 Å². The van der Waals surface area contributed by atoms with E-state index in [1.165, 1.54) is 0 Å². The molecule has 1 atom stereocenters. The zero-order valence-electron chi connectivity index (χ0n) is 23.7. The van der Waals surface area contributed by atoms with E-state index in [2.05, 4.69) is 83.6 Å². The first-order valence-corrected chi connectivity index (χ1v) is 19.3. The van der Waals surface area contributed by atoms with E-state index in [9.17, 15) is 4.79 Å². The Labute approximate surface area is 214 Å². The van der Waals surface area contributed by atoms with Crippen molar-refractivity contribution in [2.45, 2.75) is 96.9 Å². The van der Waals surface area contributed by atoms with Crippen LogP contribution in [0.15, 0.2) is 30.7 Å². The first kappa shape index (κ1) is 27.8. The molecule has 0 fully saturated rings. The average Bonchev–Trinajstić information content (AvgIpc) is 3.27. The maximum Gasteiger partial charge on any atom is 0.239 e. The highest BCUT2D eigenvalue weighted by atomic mass is 28.4. The third-order valence-corrected chi connectivity index (χ3v) is 13.8. The molecule has 0 spiro atoms. The minimum absolute atomic E-state index is 0.0802. The van der Waals surface area contributed by atoms with Crippen molar-refractivity contribution in [1.82, 2.24) is 9.55 Å². The number of imidazole rings is 1. The molecule has 1 aliphatic heterocycles. The van der Waals surface area contributed by atoms with Gasteiger partial charge in [0.05, 0.1) is 29.2 Å². The Morgan fingerprint density at radius 2 is 1.77 bits per heavy atom. The van der Waals surface area contributed by atoms with Crippen LogP contribution in [0.1, 0.15) is 58.9 Å². The lowest BCUT2D eigenvalue weighted by molar-refractivity contribution is -0.123. The van der Waals surface area contributed by atoms with Crippen LogP contribution < -0.4 is 4.90 Å². The zero-order valence-corrected chi connectivity index (χ0v) is 25.7. The van der Waals surface area contributed by atoms with Crippen LogP contribution in [-0.4, -0.2) is 45.2 Å². The molecule has 194 valence electrons. The number of ether oxygens (including phenoxy) is 1. The molecule has 35 heavy (non-hydrogen) atoms. The number of hydrogen-bond donors (Lipinski definition) is 0. The predicted octanol–water partition coefficient (Wildman–Crippen LogP) is 6.89. The minimum Gasteiger partial charge on any atom is -0.409 e. The molecular weight excluding hydrogens is 470 g/mol. The summed E-state index contributed by atoms with van der Waals surface area (Å²) in [5.74, 6) is 0.0837. The summed E-state index contributed by atoms with van der Waals surface area (Å²) < 4.78 is 14.5. The van der Waals surface area contributed by atoms with Gasteiger partial charge in [-0.2, -0.15) is 0 Å². The number of carbonyl (C=O) groups excluding carboxylic acids is 1. The molecule has 0 aliphatic carbocycles. The molecule has 1 unspecified atom stereocenters. The minimum atomic E-state index is -1.90. The van der Waals surface area contributed by atoms with Crippen LogP contribution in [0.2, 0.25) is 43.8 Å². The van der Waals surface area contributed by atoms with Gasteiger partial charge in [0.1, 0.15) is 6.73 Å². The van der Waals surface area contributed by atoms with Crippen LogP contribution in [0.3, 0.4) is 0 Å². The predicted molar refractivity (Wildman–Crippen MR) is 150 cm³/mol. The van der Waals surface area contributed by atoms with Crippen molar-refractivity contribution in [2.75, 3.05) is 18.2 Å². The van der Waals surface area contributed by atoms with Crippen LogP contribution in [0.4, 0.5) is 5.69 Å². The number of fused-ring (bicyclic) bond motifs is 1. The van der Waals surface area contributed by atoms with Crippen molar-refractivity contribution < 1.29 is 14.0 Å². The molecule has 1 aromatic heterocycles. The van der Waals surface area contributed by atoms with E-state index in [-0.39, 0.29) is 23.8 Å². The highest BCUT2D eigenvalue weighted by Crippen LogP contribution is 2.43. The van der Waals surface area contributed by atoms with E-state index >= 15 is 0 Å². The summed E-state index contributed by atoms with van der Waals surface area (Å²) in [7, 11) is -3.08. The SMILES string of the molecule is CC(O[Si](C)(C)C(C)(C)C)c1cn(-c2ccc3c(c2)N(COCC[Si](C)(C)C)C(=O)C3(C)C)cn1. The Hall–Kier alpha value is -1.75. The molecule has 2 aromatic rings. The molecule has 1 aromatic carbocycles. The summed E-state index contributed by atoms with van der Waals surface area (Å²) in [5, 5.41) is 0.143. The number of benzene rings is 1. The Bertz CT molecular complexity index is 1060. The lowest BCUT2D eigenvalue weighted by Crippen LogP contribution is -2.41. The molecule has 0 saturated heterocycles. The first-order chi connectivity index (χ1) is 15.9. The fourth-order valence-corrected chi connectivity index (χ4v) is 6.14. The van der Waals surface area contributed by atoms with Crippen molar-refractivity contribution in [3.05, 3.63) is 42.0 Å². The smallest absolute Gasteiger partial charge is 0.239 e. The zero-order chi connectivity index (χ0) is 26.4. The van der Waals surface area contributed by atoms with Gasteiger partial charge in [-0.15, -0.1) is 0 Å². The number of rotatable bonds is 9. The molecule has 6 nitrogen and oxygen atoms in total. The van der Waals surface area contributed by atoms with E-state index in [0.717, 1.165) is 28.7 Å². The second kappa shape index (κ2) is 9.61. The van der Waals surface area contributed by atoms with Crippen LogP contribution in [-0.2, 0) is 19.4 Å². The molecule has 0 N–H and O–H groups in total. The third kappa shape index (κ3) is 5.98. The number of hydrogen-bond acceptors (Lipinski definition) is 4. The largest absolute Gasteiger partial charge is 0.409 e. The summed E-state index contributed by atoms with van der Waals surface area (Å²) in [6, 6.07) is 7.29. The Balaban J connectivity index is 1.82. The molecule has 0 saturated carbocycles. The topological polar surface area (TPSA) is 56.6 Å².